The first-order valence-electron chi connectivity index (χ1n) is 7.17. The number of unbranched alkanes of at least 4 members (excludes halogenated alkanes) is 2. The number of pyridine rings is 1. The van der Waals surface area contributed by atoms with Crippen molar-refractivity contribution in [2.75, 3.05) is 7.05 Å². The van der Waals surface area contributed by atoms with E-state index in [2.05, 4.69) is 18.3 Å². The Hall–Kier alpha value is -1.09. The molecule has 0 saturated carbocycles. The zero-order valence-electron chi connectivity index (χ0n) is 11.6. The van der Waals surface area contributed by atoms with Crippen LogP contribution >= 0.6 is 0 Å². The van der Waals surface area contributed by atoms with E-state index in [1.807, 2.05) is 11.6 Å². The Labute approximate surface area is 109 Å². The molecule has 1 N–H and O–H groups in total. The van der Waals surface area contributed by atoms with Crippen LogP contribution in [0.1, 0.15) is 49.4 Å². The predicted octanol–water partition coefficient (Wildman–Crippen LogP) is 2.25. The molecule has 0 aromatic carbocycles. The van der Waals surface area contributed by atoms with Crippen LogP contribution in [0.3, 0.4) is 0 Å². The highest BCUT2D eigenvalue weighted by Crippen LogP contribution is 2.21. The summed E-state index contributed by atoms with van der Waals surface area (Å²) < 4.78 is 2.05. The van der Waals surface area contributed by atoms with Gasteiger partial charge in [0.1, 0.15) is 0 Å². The summed E-state index contributed by atoms with van der Waals surface area (Å²) in [5.41, 5.74) is 3.85. The average molecular weight is 248 g/mol. The van der Waals surface area contributed by atoms with Gasteiger partial charge in [-0.25, -0.2) is 0 Å². The standard InChI is InChI=1S/C15H24N2O/c1-3-4-5-9-17-14-8-6-7-12(14)10-13(11-16-2)15(17)18/h10,16H,3-9,11H2,1-2H3. The van der Waals surface area contributed by atoms with Crippen molar-refractivity contribution in [1.82, 2.24) is 9.88 Å². The van der Waals surface area contributed by atoms with Crippen LogP contribution in [-0.4, -0.2) is 11.6 Å². The molecule has 0 aliphatic heterocycles. The summed E-state index contributed by atoms with van der Waals surface area (Å²) in [6.45, 7) is 3.77. The zero-order chi connectivity index (χ0) is 13.0. The van der Waals surface area contributed by atoms with Gasteiger partial charge in [0.25, 0.3) is 5.56 Å². The smallest absolute Gasteiger partial charge is 0.255 e. The SMILES string of the molecule is CCCCCn1c2c(cc(CNC)c1=O)CCC2. The van der Waals surface area contributed by atoms with E-state index in [4.69, 9.17) is 0 Å². The molecule has 3 nitrogen and oxygen atoms in total. The summed E-state index contributed by atoms with van der Waals surface area (Å²) in [6.07, 6.45) is 6.94. The summed E-state index contributed by atoms with van der Waals surface area (Å²) in [4.78, 5) is 12.4. The Morgan fingerprint density at radius 2 is 2.17 bits per heavy atom. The molecule has 1 aromatic heterocycles. The second-order valence-electron chi connectivity index (χ2n) is 5.19. The zero-order valence-corrected chi connectivity index (χ0v) is 11.6. The van der Waals surface area contributed by atoms with Crippen LogP contribution in [-0.2, 0) is 25.9 Å². The van der Waals surface area contributed by atoms with Crippen LogP contribution in [0.2, 0.25) is 0 Å². The molecule has 2 rings (SSSR count). The molecule has 0 saturated heterocycles. The van der Waals surface area contributed by atoms with Crippen LogP contribution in [0.4, 0.5) is 0 Å². The molecule has 18 heavy (non-hydrogen) atoms. The molecule has 100 valence electrons. The fourth-order valence-electron chi connectivity index (χ4n) is 2.86. The summed E-state index contributed by atoms with van der Waals surface area (Å²) >= 11 is 0. The first-order chi connectivity index (χ1) is 8.77. The number of nitrogens with one attached hydrogen (secondary N) is 1. The number of nitrogens with zero attached hydrogens (tertiary/aromatic N) is 1. The monoisotopic (exact) mass is 248 g/mol. The number of hydrogen-bond donors (Lipinski definition) is 1. The number of aromatic nitrogens is 1. The Balaban J connectivity index is 2.32. The Kier molecular flexibility index (Phi) is 4.59. The van der Waals surface area contributed by atoms with Gasteiger partial charge in [0.15, 0.2) is 0 Å². The molecule has 3 heteroatoms. The summed E-state index contributed by atoms with van der Waals surface area (Å²) in [7, 11) is 1.90. The van der Waals surface area contributed by atoms with Gasteiger partial charge in [-0.3, -0.25) is 4.79 Å². The van der Waals surface area contributed by atoms with Gasteiger partial charge in [0.2, 0.25) is 0 Å². The summed E-state index contributed by atoms with van der Waals surface area (Å²) in [6, 6.07) is 2.12. The number of rotatable bonds is 6. The van der Waals surface area contributed by atoms with E-state index in [-0.39, 0.29) is 5.56 Å². The minimum Gasteiger partial charge on any atom is -0.315 e. The first-order valence-corrected chi connectivity index (χ1v) is 7.17. The molecule has 0 radical (unpaired) electrons. The summed E-state index contributed by atoms with van der Waals surface area (Å²) in [5.74, 6) is 0. The fraction of sp³-hybridized carbons (Fsp3) is 0.667. The van der Waals surface area contributed by atoms with E-state index in [0.29, 0.717) is 6.54 Å². The van der Waals surface area contributed by atoms with Crippen molar-refractivity contribution in [2.45, 2.75) is 58.5 Å². The van der Waals surface area contributed by atoms with Gasteiger partial charge in [-0.2, -0.15) is 0 Å². The Bertz CT molecular complexity index is 462. The maximum Gasteiger partial charge on any atom is 0.255 e. The minimum atomic E-state index is 0.223. The lowest BCUT2D eigenvalue weighted by Crippen LogP contribution is -2.29. The van der Waals surface area contributed by atoms with Gasteiger partial charge >= 0.3 is 0 Å². The van der Waals surface area contributed by atoms with Crippen molar-refractivity contribution in [3.05, 3.63) is 33.2 Å². The molecular formula is C15H24N2O. The second-order valence-corrected chi connectivity index (χ2v) is 5.19. The third-order valence-corrected chi connectivity index (χ3v) is 3.78. The molecule has 0 spiro atoms. The van der Waals surface area contributed by atoms with Crippen LogP contribution in [0.5, 0.6) is 0 Å². The Morgan fingerprint density at radius 3 is 2.89 bits per heavy atom. The van der Waals surface area contributed by atoms with Crippen LogP contribution in [0, 0.1) is 0 Å². The van der Waals surface area contributed by atoms with Gasteiger partial charge in [0, 0.05) is 24.3 Å². The highest BCUT2D eigenvalue weighted by Gasteiger charge is 2.18. The molecule has 0 unspecified atom stereocenters. The largest absolute Gasteiger partial charge is 0.315 e. The van der Waals surface area contributed by atoms with Crippen molar-refractivity contribution in [3.63, 3.8) is 0 Å². The first kappa shape index (κ1) is 13.3. The third-order valence-electron chi connectivity index (χ3n) is 3.78. The van der Waals surface area contributed by atoms with E-state index in [9.17, 15) is 4.79 Å². The molecule has 1 heterocycles. The molecule has 1 aromatic rings. The summed E-state index contributed by atoms with van der Waals surface area (Å²) in [5, 5.41) is 3.10. The lowest BCUT2D eigenvalue weighted by molar-refractivity contribution is 0.563. The molecular weight excluding hydrogens is 224 g/mol. The van der Waals surface area contributed by atoms with Crippen molar-refractivity contribution >= 4 is 0 Å². The second kappa shape index (κ2) is 6.19. The molecule has 0 fully saturated rings. The van der Waals surface area contributed by atoms with E-state index in [1.54, 1.807) is 0 Å². The van der Waals surface area contributed by atoms with E-state index in [1.165, 1.54) is 30.5 Å². The lowest BCUT2D eigenvalue weighted by Gasteiger charge is -2.14. The molecule has 1 aliphatic rings. The maximum atomic E-state index is 12.4. The molecule has 0 atom stereocenters. The van der Waals surface area contributed by atoms with E-state index < -0.39 is 0 Å². The van der Waals surface area contributed by atoms with Crippen LogP contribution < -0.4 is 10.9 Å². The van der Waals surface area contributed by atoms with Gasteiger partial charge in [-0.1, -0.05) is 19.8 Å². The average Bonchev–Trinajstić information content (AvgIpc) is 2.81. The molecule has 0 amide bonds. The van der Waals surface area contributed by atoms with Gasteiger partial charge < -0.3 is 9.88 Å². The molecule has 0 bridgehead atoms. The fourth-order valence-corrected chi connectivity index (χ4v) is 2.86. The molecule has 1 aliphatic carbocycles. The van der Waals surface area contributed by atoms with Gasteiger partial charge in [-0.15, -0.1) is 0 Å². The van der Waals surface area contributed by atoms with Crippen molar-refractivity contribution < 1.29 is 0 Å². The lowest BCUT2D eigenvalue weighted by atomic mass is 10.1. The van der Waals surface area contributed by atoms with Crippen molar-refractivity contribution in [3.8, 4) is 0 Å². The normalized spacial score (nSPS) is 13.9. The number of aryl methyl sites for hydroxylation is 1. The van der Waals surface area contributed by atoms with Crippen molar-refractivity contribution in [1.29, 1.82) is 0 Å². The highest BCUT2D eigenvalue weighted by atomic mass is 16.1. The van der Waals surface area contributed by atoms with Gasteiger partial charge in [-0.05, 0) is 44.4 Å². The van der Waals surface area contributed by atoms with Gasteiger partial charge in [0.05, 0.1) is 0 Å². The van der Waals surface area contributed by atoms with Crippen LogP contribution in [0.25, 0.3) is 0 Å². The predicted molar refractivity (Wildman–Crippen MR) is 75.0 cm³/mol. The Morgan fingerprint density at radius 1 is 1.33 bits per heavy atom. The van der Waals surface area contributed by atoms with E-state index >= 15 is 0 Å². The highest BCUT2D eigenvalue weighted by molar-refractivity contribution is 5.30. The number of hydrogen-bond acceptors (Lipinski definition) is 2. The van der Waals surface area contributed by atoms with E-state index in [0.717, 1.165) is 31.4 Å². The van der Waals surface area contributed by atoms with Crippen LogP contribution in [0.15, 0.2) is 10.9 Å². The van der Waals surface area contributed by atoms with Crippen molar-refractivity contribution in [2.24, 2.45) is 0 Å². The number of fused-ring (bicyclic) bond motifs is 1. The third kappa shape index (κ3) is 2.66. The topological polar surface area (TPSA) is 34.0 Å². The minimum absolute atomic E-state index is 0.223. The quantitative estimate of drug-likeness (QED) is 0.783. The maximum absolute atomic E-state index is 12.4.